The number of fused-ring (bicyclic) bond motifs is 1. The fourth-order valence-corrected chi connectivity index (χ4v) is 2.75. The van der Waals surface area contributed by atoms with Crippen LogP contribution in [0.15, 0.2) is 24.3 Å². The summed E-state index contributed by atoms with van der Waals surface area (Å²) in [5.74, 6) is 0.914. The Bertz CT molecular complexity index is 618. The molecule has 106 valence electrons. The summed E-state index contributed by atoms with van der Waals surface area (Å²) >= 11 is 0. The van der Waals surface area contributed by atoms with E-state index < -0.39 is 0 Å². The van der Waals surface area contributed by atoms with Gasteiger partial charge in [-0.2, -0.15) is 5.10 Å². The van der Waals surface area contributed by atoms with E-state index >= 15 is 0 Å². The first kappa shape index (κ1) is 13.2. The number of benzene rings is 1. The molecule has 0 saturated carbocycles. The van der Waals surface area contributed by atoms with Crippen LogP contribution in [-0.4, -0.2) is 9.78 Å². The molecule has 0 spiro atoms. The maximum atomic E-state index is 6.05. The van der Waals surface area contributed by atoms with Crippen molar-refractivity contribution in [2.24, 2.45) is 12.8 Å². The average Bonchev–Trinajstić information content (AvgIpc) is 3.00. The van der Waals surface area contributed by atoms with Gasteiger partial charge in [-0.1, -0.05) is 13.0 Å². The van der Waals surface area contributed by atoms with E-state index in [-0.39, 0.29) is 6.04 Å². The van der Waals surface area contributed by atoms with E-state index in [2.05, 4.69) is 30.2 Å². The van der Waals surface area contributed by atoms with E-state index in [1.807, 2.05) is 17.8 Å². The number of hydrogen-bond acceptors (Lipinski definition) is 3. The van der Waals surface area contributed by atoms with E-state index in [1.54, 1.807) is 0 Å². The van der Waals surface area contributed by atoms with Crippen molar-refractivity contribution in [1.29, 1.82) is 0 Å². The Morgan fingerprint density at radius 1 is 1.40 bits per heavy atom. The summed E-state index contributed by atoms with van der Waals surface area (Å²) in [7, 11) is 1.96. The van der Waals surface area contributed by atoms with Crippen LogP contribution in [0.1, 0.15) is 41.9 Å². The Hall–Kier alpha value is -1.81. The van der Waals surface area contributed by atoms with Gasteiger partial charge >= 0.3 is 0 Å². The minimum Gasteiger partial charge on any atom is -0.487 e. The predicted molar refractivity (Wildman–Crippen MR) is 78.6 cm³/mol. The highest BCUT2D eigenvalue weighted by Crippen LogP contribution is 2.32. The Balaban J connectivity index is 1.71. The molecule has 0 saturated heterocycles. The number of nitrogens with two attached hydrogens (primary N) is 1. The molecule has 2 N–H and O–H groups in total. The second-order valence-electron chi connectivity index (χ2n) is 5.40. The normalized spacial score (nSPS) is 17.2. The van der Waals surface area contributed by atoms with Gasteiger partial charge in [0.05, 0.1) is 11.4 Å². The molecule has 1 atom stereocenters. The van der Waals surface area contributed by atoms with Gasteiger partial charge in [0, 0.05) is 13.1 Å². The van der Waals surface area contributed by atoms with E-state index in [9.17, 15) is 0 Å². The summed E-state index contributed by atoms with van der Waals surface area (Å²) in [5, 5.41) is 4.43. The van der Waals surface area contributed by atoms with E-state index in [1.165, 1.54) is 11.1 Å². The topological polar surface area (TPSA) is 53.1 Å². The SMILES string of the molecule is CCc1cc(COc2ccc3c(c2)CC[C@H]3N)n(C)n1. The van der Waals surface area contributed by atoms with E-state index in [0.29, 0.717) is 6.61 Å². The number of hydrogen-bond donors (Lipinski definition) is 1. The molecular formula is C16H21N3O. The molecule has 0 fully saturated rings. The molecule has 1 aliphatic rings. The van der Waals surface area contributed by atoms with Gasteiger partial charge in [0.1, 0.15) is 12.4 Å². The van der Waals surface area contributed by atoms with Gasteiger partial charge in [-0.15, -0.1) is 0 Å². The first-order valence-corrected chi connectivity index (χ1v) is 7.20. The molecule has 1 heterocycles. The van der Waals surface area contributed by atoms with Crippen molar-refractivity contribution < 1.29 is 4.74 Å². The second-order valence-corrected chi connectivity index (χ2v) is 5.40. The number of aryl methyl sites for hydroxylation is 3. The van der Waals surface area contributed by atoms with Gasteiger partial charge in [0.2, 0.25) is 0 Å². The fourth-order valence-electron chi connectivity index (χ4n) is 2.75. The monoisotopic (exact) mass is 271 g/mol. The van der Waals surface area contributed by atoms with Gasteiger partial charge in [0.25, 0.3) is 0 Å². The number of nitrogens with zero attached hydrogens (tertiary/aromatic N) is 2. The van der Waals surface area contributed by atoms with Crippen LogP contribution in [0, 0.1) is 0 Å². The molecule has 20 heavy (non-hydrogen) atoms. The van der Waals surface area contributed by atoms with Crippen LogP contribution in [-0.2, 0) is 26.5 Å². The Kier molecular flexibility index (Phi) is 3.49. The lowest BCUT2D eigenvalue weighted by atomic mass is 10.1. The van der Waals surface area contributed by atoms with Crippen molar-refractivity contribution in [3.05, 3.63) is 46.8 Å². The molecule has 0 bridgehead atoms. The lowest BCUT2D eigenvalue weighted by Gasteiger charge is -2.09. The highest BCUT2D eigenvalue weighted by atomic mass is 16.5. The first-order valence-electron chi connectivity index (χ1n) is 7.20. The zero-order valence-corrected chi connectivity index (χ0v) is 12.1. The maximum Gasteiger partial charge on any atom is 0.130 e. The predicted octanol–water partition coefficient (Wildman–Crippen LogP) is 2.51. The third kappa shape index (κ3) is 2.43. The van der Waals surface area contributed by atoms with Crippen molar-refractivity contribution in [2.75, 3.05) is 0 Å². The smallest absolute Gasteiger partial charge is 0.130 e. The molecule has 1 aliphatic carbocycles. The van der Waals surface area contributed by atoms with Gasteiger partial charge in [-0.3, -0.25) is 4.68 Å². The van der Waals surface area contributed by atoms with Gasteiger partial charge in [0.15, 0.2) is 0 Å². The third-order valence-corrected chi connectivity index (χ3v) is 4.01. The zero-order valence-electron chi connectivity index (χ0n) is 12.1. The summed E-state index contributed by atoms with van der Waals surface area (Å²) in [6.45, 7) is 2.66. The van der Waals surface area contributed by atoms with E-state index in [0.717, 1.165) is 36.4 Å². The quantitative estimate of drug-likeness (QED) is 0.929. The van der Waals surface area contributed by atoms with Crippen LogP contribution < -0.4 is 10.5 Å². The van der Waals surface area contributed by atoms with Crippen LogP contribution >= 0.6 is 0 Å². The van der Waals surface area contributed by atoms with Crippen LogP contribution in [0.25, 0.3) is 0 Å². The lowest BCUT2D eigenvalue weighted by Crippen LogP contribution is -2.05. The fraction of sp³-hybridized carbons (Fsp3) is 0.438. The molecule has 4 heteroatoms. The zero-order chi connectivity index (χ0) is 14.1. The summed E-state index contributed by atoms with van der Waals surface area (Å²) < 4.78 is 7.78. The molecule has 1 aromatic carbocycles. The number of rotatable bonds is 4. The third-order valence-electron chi connectivity index (χ3n) is 4.01. The van der Waals surface area contributed by atoms with E-state index in [4.69, 9.17) is 10.5 Å². The standard InChI is InChI=1S/C16H21N3O/c1-3-12-9-13(19(2)18-12)10-20-14-5-6-15-11(8-14)4-7-16(15)17/h5-6,8-9,16H,3-4,7,10,17H2,1-2H3/t16-/m1/s1. The number of aromatic nitrogens is 2. The van der Waals surface area contributed by atoms with Crippen molar-refractivity contribution in [3.8, 4) is 5.75 Å². The minimum absolute atomic E-state index is 0.197. The summed E-state index contributed by atoms with van der Waals surface area (Å²) in [6.07, 6.45) is 3.05. The number of ether oxygens (including phenoxy) is 1. The summed E-state index contributed by atoms with van der Waals surface area (Å²) in [6, 6.07) is 8.54. The lowest BCUT2D eigenvalue weighted by molar-refractivity contribution is 0.294. The van der Waals surface area contributed by atoms with Crippen molar-refractivity contribution in [3.63, 3.8) is 0 Å². The second kappa shape index (κ2) is 5.29. The molecule has 0 aliphatic heterocycles. The Morgan fingerprint density at radius 3 is 3.00 bits per heavy atom. The molecule has 0 radical (unpaired) electrons. The van der Waals surface area contributed by atoms with Gasteiger partial charge in [-0.05, 0) is 48.6 Å². The molecule has 2 aromatic rings. The molecule has 3 rings (SSSR count). The summed E-state index contributed by atoms with van der Waals surface area (Å²) in [4.78, 5) is 0. The Morgan fingerprint density at radius 2 is 2.25 bits per heavy atom. The maximum absolute atomic E-state index is 6.05. The van der Waals surface area contributed by atoms with Crippen LogP contribution in [0.4, 0.5) is 0 Å². The van der Waals surface area contributed by atoms with Gasteiger partial charge in [-0.25, -0.2) is 0 Å². The molecule has 1 aromatic heterocycles. The van der Waals surface area contributed by atoms with Crippen molar-refractivity contribution in [1.82, 2.24) is 9.78 Å². The molecule has 0 amide bonds. The van der Waals surface area contributed by atoms with Crippen molar-refractivity contribution in [2.45, 2.75) is 38.8 Å². The largest absolute Gasteiger partial charge is 0.487 e. The minimum atomic E-state index is 0.197. The van der Waals surface area contributed by atoms with Crippen LogP contribution in [0.3, 0.4) is 0 Å². The highest BCUT2D eigenvalue weighted by molar-refractivity contribution is 5.40. The molecule has 4 nitrogen and oxygen atoms in total. The summed E-state index contributed by atoms with van der Waals surface area (Å²) in [5.41, 5.74) is 10.8. The highest BCUT2D eigenvalue weighted by Gasteiger charge is 2.19. The van der Waals surface area contributed by atoms with Gasteiger partial charge < -0.3 is 10.5 Å². The van der Waals surface area contributed by atoms with Crippen molar-refractivity contribution >= 4 is 0 Å². The van der Waals surface area contributed by atoms with Crippen LogP contribution in [0.2, 0.25) is 0 Å². The van der Waals surface area contributed by atoms with Crippen LogP contribution in [0.5, 0.6) is 5.75 Å². The Labute approximate surface area is 119 Å². The first-order chi connectivity index (χ1) is 9.67. The molecular weight excluding hydrogens is 250 g/mol. The average molecular weight is 271 g/mol. The molecule has 0 unspecified atom stereocenters.